The molecule has 25 heavy (non-hydrogen) atoms. The Bertz CT molecular complexity index is 1050. The zero-order chi connectivity index (χ0) is 18.0. The lowest BCUT2D eigenvalue weighted by atomic mass is 10.2. The number of non-ortho nitro benzene ring substituents is 1. The Hall–Kier alpha value is -3.00. The second kappa shape index (κ2) is 6.48. The summed E-state index contributed by atoms with van der Waals surface area (Å²) in [6.07, 6.45) is 0. The highest BCUT2D eigenvalue weighted by atomic mass is 32.2. The van der Waals surface area contributed by atoms with Gasteiger partial charge in [-0.15, -0.1) is 0 Å². The fourth-order valence-corrected chi connectivity index (χ4v) is 3.44. The van der Waals surface area contributed by atoms with Gasteiger partial charge < -0.3 is 4.18 Å². The predicted octanol–water partition coefficient (Wildman–Crippen LogP) is 3.36. The Balaban J connectivity index is 1.86. The first kappa shape index (κ1) is 16.8. The van der Waals surface area contributed by atoms with Crippen LogP contribution in [-0.2, 0) is 15.9 Å². The second-order valence-corrected chi connectivity index (χ2v) is 7.06. The van der Waals surface area contributed by atoms with Crippen LogP contribution in [0.1, 0.15) is 11.3 Å². The molecule has 0 radical (unpaired) electrons. The minimum Gasteiger partial charge on any atom is -0.380 e. The van der Waals surface area contributed by atoms with Crippen molar-refractivity contribution in [2.75, 3.05) is 0 Å². The maximum Gasteiger partial charge on any atom is 0.313 e. The van der Waals surface area contributed by atoms with Gasteiger partial charge in [-0.1, -0.05) is 30.3 Å². The summed E-state index contributed by atoms with van der Waals surface area (Å²) in [5.41, 5.74) is 1.51. The van der Waals surface area contributed by atoms with Gasteiger partial charge in [-0.25, -0.2) is 4.98 Å². The molecule has 0 N–H and O–H groups in total. The monoisotopic (exact) mass is 358 g/mol. The molecule has 3 rings (SSSR count). The van der Waals surface area contributed by atoms with Gasteiger partial charge in [0.2, 0.25) is 0 Å². The fraction of sp³-hybridized carbons (Fsp3) is 0.118. The molecule has 7 nitrogen and oxygen atoms in total. The van der Waals surface area contributed by atoms with E-state index in [9.17, 15) is 18.5 Å². The number of nitro groups is 1. The first-order valence-electron chi connectivity index (χ1n) is 7.36. The Morgan fingerprint density at radius 3 is 2.48 bits per heavy atom. The van der Waals surface area contributed by atoms with E-state index in [-0.39, 0.29) is 11.4 Å². The molecule has 8 heteroatoms. The van der Waals surface area contributed by atoms with Crippen LogP contribution in [0, 0.1) is 17.0 Å². The van der Waals surface area contributed by atoms with Crippen LogP contribution in [0.4, 0.5) is 5.69 Å². The molecule has 0 unspecified atom stereocenters. The molecule has 2 aromatic carbocycles. The van der Waals surface area contributed by atoms with Crippen LogP contribution in [0.25, 0.3) is 10.9 Å². The normalized spacial score (nSPS) is 11.4. The maximum atomic E-state index is 12.3. The highest BCUT2D eigenvalue weighted by Gasteiger charge is 2.17. The zero-order valence-electron chi connectivity index (χ0n) is 13.2. The minimum atomic E-state index is -3.93. The number of aryl methyl sites for hydroxylation is 1. The summed E-state index contributed by atoms with van der Waals surface area (Å²) in [5.74, 6) is -0.240. The number of nitrogens with zero attached hydrogens (tertiary/aromatic N) is 2. The molecule has 0 aliphatic heterocycles. The number of nitro benzene ring substituents is 1. The number of rotatable bonds is 5. The number of para-hydroxylation sites is 1. The summed E-state index contributed by atoms with van der Waals surface area (Å²) < 4.78 is 29.9. The third-order valence-electron chi connectivity index (χ3n) is 3.53. The van der Waals surface area contributed by atoms with Crippen molar-refractivity contribution in [2.24, 2.45) is 0 Å². The van der Waals surface area contributed by atoms with E-state index in [1.807, 2.05) is 25.1 Å². The van der Waals surface area contributed by atoms with E-state index in [0.717, 1.165) is 11.1 Å². The van der Waals surface area contributed by atoms with Crippen LogP contribution in [0.3, 0.4) is 0 Å². The van der Waals surface area contributed by atoms with Crippen molar-refractivity contribution in [3.63, 3.8) is 0 Å². The van der Waals surface area contributed by atoms with Crippen molar-refractivity contribution >= 4 is 26.7 Å². The lowest BCUT2D eigenvalue weighted by molar-refractivity contribution is -0.384. The van der Waals surface area contributed by atoms with Crippen molar-refractivity contribution in [1.29, 1.82) is 0 Å². The van der Waals surface area contributed by atoms with Gasteiger partial charge in [0.15, 0.2) is 5.75 Å². The van der Waals surface area contributed by atoms with Gasteiger partial charge in [-0.2, -0.15) is 8.42 Å². The summed E-state index contributed by atoms with van der Waals surface area (Å²) in [5, 5.41) is 11.4. The van der Waals surface area contributed by atoms with E-state index in [2.05, 4.69) is 4.98 Å². The second-order valence-electron chi connectivity index (χ2n) is 5.49. The predicted molar refractivity (Wildman–Crippen MR) is 92.8 cm³/mol. The van der Waals surface area contributed by atoms with Gasteiger partial charge in [-0.3, -0.25) is 10.1 Å². The van der Waals surface area contributed by atoms with E-state index in [4.69, 9.17) is 4.18 Å². The molecule has 128 valence electrons. The third kappa shape index (κ3) is 3.92. The summed E-state index contributed by atoms with van der Waals surface area (Å²) in [7, 11) is -3.93. The Morgan fingerprint density at radius 2 is 1.80 bits per heavy atom. The van der Waals surface area contributed by atoms with Gasteiger partial charge in [0.05, 0.1) is 4.92 Å². The molecule has 0 bridgehead atoms. The van der Waals surface area contributed by atoms with Crippen molar-refractivity contribution in [2.45, 2.75) is 12.7 Å². The molecule has 1 aromatic heterocycles. The summed E-state index contributed by atoms with van der Waals surface area (Å²) in [6.45, 7) is 1.81. The zero-order valence-corrected chi connectivity index (χ0v) is 14.1. The standard InChI is InChI=1S/C17H14N2O5S/c1-12-5-8-14-3-2-4-16(17(14)18-12)24-25(22,23)11-13-6-9-15(10-7-13)19(20)21/h2-10H,11H2,1H3. The van der Waals surface area contributed by atoms with Crippen molar-refractivity contribution in [3.8, 4) is 5.75 Å². The van der Waals surface area contributed by atoms with Gasteiger partial charge in [-0.05, 0) is 24.6 Å². The molecule has 0 spiro atoms. The smallest absolute Gasteiger partial charge is 0.313 e. The van der Waals surface area contributed by atoms with Gasteiger partial charge in [0, 0.05) is 23.2 Å². The molecule has 0 fully saturated rings. The van der Waals surface area contributed by atoms with E-state index in [1.54, 1.807) is 12.1 Å². The molecular formula is C17H14N2O5S. The van der Waals surface area contributed by atoms with E-state index < -0.39 is 20.8 Å². The van der Waals surface area contributed by atoms with Crippen molar-refractivity contribution in [3.05, 3.63) is 76.0 Å². The highest BCUT2D eigenvalue weighted by Crippen LogP contribution is 2.26. The van der Waals surface area contributed by atoms with Gasteiger partial charge in [0.25, 0.3) is 5.69 Å². The average Bonchev–Trinajstić information content (AvgIpc) is 2.55. The number of aromatic nitrogens is 1. The topological polar surface area (TPSA) is 99.4 Å². The molecule has 0 aliphatic carbocycles. The van der Waals surface area contributed by atoms with Gasteiger partial charge >= 0.3 is 10.1 Å². The highest BCUT2D eigenvalue weighted by molar-refractivity contribution is 7.86. The lowest BCUT2D eigenvalue weighted by Crippen LogP contribution is -2.12. The molecule has 3 aromatic rings. The van der Waals surface area contributed by atoms with E-state index >= 15 is 0 Å². The van der Waals surface area contributed by atoms with Gasteiger partial charge in [0.1, 0.15) is 11.3 Å². The number of hydrogen-bond donors (Lipinski definition) is 0. The Kier molecular flexibility index (Phi) is 4.37. The summed E-state index contributed by atoms with van der Waals surface area (Å²) in [4.78, 5) is 14.4. The number of benzene rings is 2. The molecule has 1 heterocycles. The van der Waals surface area contributed by atoms with Crippen molar-refractivity contribution in [1.82, 2.24) is 4.98 Å². The molecule has 0 saturated carbocycles. The molecule has 0 atom stereocenters. The Morgan fingerprint density at radius 1 is 1.08 bits per heavy atom. The lowest BCUT2D eigenvalue weighted by Gasteiger charge is -2.09. The summed E-state index contributed by atoms with van der Waals surface area (Å²) in [6, 6.07) is 14.0. The largest absolute Gasteiger partial charge is 0.380 e. The fourth-order valence-electron chi connectivity index (χ4n) is 2.37. The maximum absolute atomic E-state index is 12.3. The van der Waals surface area contributed by atoms with Crippen LogP contribution < -0.4 is 4.18 Å². The SMILES string of the molecule is Cc1ccc2cccc(OS(=O)(=O)Cc3ccc([N+](=O)[O-])cc3)c2n1. The number of fused-ring (bicyclic) bond motifs is 1. The summed E-state index contributed by atoms with van der Waals surface area (Å²) >= 11 is 0. The van der Waals surface area contributed by atoms with Crippen molar-refractivity contribution < 1.29 is 17.5 Å². The van der Waals surface area contributed by atoms with Crippen LogP contribution in [0.5, 0.6) is 5.75 Å². The average molecular weight is 358 g/mol. The molecule has 0 saturated heterocycles. The molecule has 0 amide bonds. The van der Waals surface area contributed by atoms with Crippen LogP contribution in [-0.4, -0.2) is 18.3 Å². The minimum absolute atomic E-state index is 0.101. The van der Waals surface area contributed by atoms with E-state index in [1.165, 1.54) is 24.3 Å². The Labute approximate surface area is 144 Å². The third-order valence-corrected chi connectivity index (χ3v) is 4.65. The number of pyridine rings is 1. The van der Waals surface area contributed by atoms with Crippen LogP contribution in [0.15, 0.2) is 54.6 Å². The van der Waals surface area contributed by atoms with Crippen LogP contribution in [0.2, 0.25) is 0 Å². The van der Waals surface area contributed by atoms with Crippen LogP contribution >= 0.6 is 0 Å². The number of hydrogen-bond acceptors (Lipinski definition) is 6. The molecule has 0 aliphatic rings. The quantitative estimate of drug-likeness (QED) is 0.394. The molecular weight excluding hydrogens is 344 g/mol. The first-order valence-corrected chi connectivity index (χ1v) is 8.94. The first-order chi connectivity index (χ1) is 11.8. The van der Waals surface area contributed by atoms with E-state index in [0.29, 0.717) is 11.1 Å².